The molecule has 0 spiro atoms. The van der Waals surface area contributed by atoms with Crippen LogP contribution in [0, 0.1) is 29.8 Å². The van der Waals surface area contributed by atoms with Gasteiger partial charge in [0, 0.05) is 37.0 Å². The van der Waals surface area contributed by atoms with Crippen LogP contribution in [0.15, 0.2) is 35.3 Å². The summed E-state index contributed by atoms with van der Waals surface area (Å²) in [7, 11) is 0. The highest BCUT2D eigenvalue weighted by Gasteiger charge is 2.35. The van der Waals surface area contributed by atoms with Crippen LogP contribution in [0.2, 0.25) is 0 Å². The number of anilines is 1. The molecule has 1 fully saturated rings. The number of carbonyl (C=O) groups is 1. The molecule has 1 aliphatic heterocycles. The number of carboxylic acid groups (broad SMARTS) is 1. The van der Waals surface area contributed by atoms with Gasteiger partial charge in [0.05, 0.1) is 22.3 Å². The van der Waals surface area contributed by atoms with Gasteiger partial charge in [-0.2, -0.15) is 0 Å². The largest absolute Gasteiger partial charge is 0.477 e. The number of aromatic carboxylic acids is 1. The van der Waals surface area contributed by atoms with E-state index in [1.807, 2.05) is 18.7 Å². The molecule has 1 atom stereocenters. The first kappa shape index (κ1) is 22.8. The molecule has 33 heavy (non-hydrogen) atoms. The number of rotatable bonds is 3. The van der Waals surface area contributed by atoms with Crippen molar-refractivity contribution < 1.29 is 23.1 Å². The third-order valence-electron chi connectivity index (χ3n) is 6.48. The summed E-state index contributed by atoms with van der Waals surface area (Å²) >= 11 is 0. The number of piperidine rings is 1. The van der Waals surface area contributed by atoms with E-state index in [1.54, 1.807) is 6.92 Å². The summed E-state index contributed by atoms with van der Waals surface area (Å²) in [5.41, 5.74) is 4.95. The van der Waals surface area contributed by atoms with Gasteiger partial charge in [-0.3, -0.25) is 4.79 Å². The molecular weight excluding hydrogens is 435 g/mol. The van der Waals surface area contributed by atoms with Crippen molar-refractivity contribution in [1.82, 2.24) is 4.57 Å². The molecule has 0 aliphatic carbocycles. The van der Waals surface area contributed by atoms with E-state index in [0.717, 1.165) is 24.4 Å². The van der Waals surface area contributed by atoms with E-state index in [1.165, 1.54) is 4.57 Å². The number of halogens is 3. The lowest BCUT2D eigenvalue weighted by Crippen LogP contribution is -2.52. The van der Waals surface area contributed by atoms with Crippen molar-refractivity contribution in [2.45, 2.75) is 33.2 Å². The number of hydrogen-bond acceptors (Lipinski definition) is 4. The minimum Gasteiger partial charge on any atom is -0.477 e. The first-order valence-electron chi connectivity index (χ1n) is 10.5. The third-order valence-corrected chi connectivity index (χ3v) is 6.48. The van der Waals surface area contributed by atoms with E-state index in [2.05, 4.69) is 0 Å². The standard InChI is InChI=1S/C24H24F3N3O3/c1-12-20-14(9-17(27)21(12)29-7-6-19(28)24(2,3)11-29)22(31)15(23(32)33)10-30(20)18-5-4-13(25)8-16(18)26/h4-5,8-10,19H,6-7,11,28H2,1-3H3,(H,32,33). The Morgan fingerprint density at radius 2 is 1.88 bits per heavy atom. The smallest absolute Gasteiger partial charge is 0.341 e. The van der Waals surface area contributed by atoms with Crippen molar-refractivity contribution in [1.29, 1.82) is 0 Å². The van der Waals surface area contributed by atoms with Crippen molar-refractivity contribution in [3.63, 3.8) is 0 Å². The topological polar surface area (TPSA) is 88.6 Å². The zero-order valence-corrected chi connectivity index (χ0v) is 18.5. The van der Waals surface area contributed by atoms with Crippen molar-refractivity contribution in [2.75, 3.05) is 18.0 Å². The van der Waals surface area contributed by atoms with Gasteiger partial charge in [0.1, 0.15) is 23.0 Å². The molecule has 1 saturated heterocycles. The molecule has 2 heterocycles. The van der Waals surface area contributed by atoms with Crippen LogP contribution in [0.4, 0.5) is 18.9 Å². The second-order valence-electron chi connectivity index (χ2n) is 9.18. The Morgan fingerprint density at radius 3 is 2.48 bits per heavy atom. The summed E-state index contributed by atoms with van der Waals surface area (Å²) in [5, 5.41) is 9.31. The molecule has 174 valence electrons. The van der Waals surface area contributed by atoms with Crippen LogP contribution in [0.3, 0.4) is 0 Å². The number of pyridine rings is 1. The van der Waals surface area contributed by atoms with Crippen LogP contribution in [-0.4, -0.2) is 34.8 Å². The van der Waals surface area contributed by atoms with Crippen LogP contribution in [0.25, 0.3) is 16.6 Å². The Labute approximate surface area is 188 Å². The van der Waals surface area contributed by atoms with E-state index >= 15 is 4.39 Å². The first-order chi connectivity index (χ1) is 15.4. The van der Waals surface area contributed by atoms with Gasteiger partial charge in [-0.05, 0) is 37.0 Å². The molecule has 1 unspecified atom stereocenters. The van der Waals surface area contributed by atoms with E-state index in [9.17, 15) is 23.5 Å². The Kier molecular flexibility index (Phi) is 5.48. The van der Waals surface area contributed by atoms with Crippen LogP contribution in [0.1, 0.15) is 36.2 Å². The van der Waals surface area contributed by atoms with E-state index in [-0.39, 0.29) is 33.7 Å². The van der Waals surface area contributed by atoms with Crippen molar-refractivity contribution in [2.24, 2.45) is 11.1 Å². The molecule has 6 nitrogen and oxygen atoms in total. The molecular formula is C24H24F3N3O3. The lowest BCUT2D eigenvalue weighted by Gasteiger charge is -2.44. The van der Waals surface area contributed by atoms with E-state index in [0.29, 0.717) is 31.1 Å². The number of fused-ring (bicyclic) bond motifs is 1. The summed E-state index contributed by atoms with van der Waals surface area (Å²) in [4.78, 5) is 26.4. The fourth-order valence-corrected chi connectivity index (χ4v) is 4.61. The van der Waals surface area contributed by atoms with E-state index < -0.39 is 34.4 Å². The molecule has 0 amide bonds. The monoisotopic (exact) mass is 459 g/mol. The number of hydrogen-bond donors (Lipinski definition) is 2. The molecule has 0 bridgehead atoms. The van der Waals surface area contributed by atoms with Crippen LogP contribution < -0.4 is 16.1 Å². The maximum absolute atomic E-state index is 15.4. The molecule has 3 aromatic rings. The Balaban J connectivity index is 2.06. The van der Waals surface area contributed by atoms with Crippen molar-refractivity contribution >= 4 is 22.6 Å². The second-order valence-corrected chi connectivity index (χ2v) is 9.18. The van der Waals surface area contributed by atoms with E-state index in [4.69, 9.17) is 5.73 Å². The number of benzene rings is 2. The van der Waals surface area contributed by atoms with Gasteiger partial charge in [-0.15, -0.1) is 0 Å². The summed E-state index contributed by atoms with van der Waals surface area (Å²) in [5.74, 6) is -3.98. The Morgan fingerprint density at radius 1 is 1.18 bits per heavy atom. The van der Waals surface area contributed by atoms with Gasteiger partial charge in [0.15, 0.2) is 0 Å². The predicted molar refractivity (Wildman–Crippen MR) is 120 cm³/mol. The minimum absolute atomic E-state index is 0.0674. The molecule has 3 N–H and O–H groups in total. The molecule has 0 saturated carbocycles. The molecule has 1 aromatic heterocycles. The third kappa shape index (κ3) is 3.76. The molecule has 2 aromatic carbocycles. The first-order valence-corrected chi connectivity index (χ1v) is 10.5. The highest BCUT2D eigenvalue weighted by Crippen LogP contribution is 2.37. The molecule has 4 rings (SSSR count). The Bertz CT molecular complexity index is 1350. The normalized spacial score (nSPS) is 18.0. The molecule has 9 heteroatoms. The maximum Gasteiger partial charge on any atom is 0.341 e. The summed E-state index contributed by atoms with van der Waals surface area (Å²) in [6.07, 6.45) is 1.62. The predicted octanol–water partition coefficient (Wildman–Crippen LogP) is 3.98. The van der Waals surface area contributed by atoms with Gasteiger partial charge in [-0.1, -0.05) is 13.8 Å². The van der Waals surface area contributed by atoms with Crippen LogP contribution >= 0.6 is 0 Å². The SMILES string of the molecule is Cc1c(N2CCC(N)C(C)(C)C2)c(F)cc2c(=O)c(C(=O)O)cn(-c3ccc(F)cc3F)c12. The van der Waals surface area contributed by atoms with Crippen molar-refractivity contribution in [3.8, 4) is 5.69 Å². The lowest BCUT2D eigenvalue weighted by molar-refractivity contribution is 0.0695. The molecule has 1 aliphatic rings. The number of nitrogens with zero attached hydrogens (tertiary/aromatic N) is 2. The second kappa shape index (κ2) is 7.91. The van der Waals surface area contributed by atoms with Crippen molar-refractivity contribution in [3.05, 3.63) is 69.3 Å². The van der Waals surface area contributed by atoms with Gasteiger partial charge in [0.2, 0.25) is 5.43 Å². The van der Waals surface area contributed by atoms with Crippen LogP contribution in [0.5, 0.6) is 0 Å². The van der Waals surface area contributed by atoms with Gasteiger partial charge < -0.3 is 20.3 Å². The number of nitrogens with two attached hydrogens (primary N) is 1. The summed E-state index contributed by atoms with van der Waals surface area (Å²) in [6, 6.07) is 3.75. The van der Waals surface area contributed by atoms with Crippen LogP contribution in [-0.2, 0) is 0 Å². The number of aromatic nitrogens is 1. The Hall–Kier alpha value is -3.33. The zero-order valence-electron chi connectivity index (χ0n) is 18.5. The fraction of sp³-hybridized carbons (Fsp3) is 0.333. The summed E-state index contributed by atoms with van der Waals surface area (Å²) < 4.78 is 44.8. The highest BCUT2D eigenvalue weighted by molar-refractivity contribution is 5.96. The van der Waals surface area contributed by atoms with Gasteiger partial charge in [0.25, 0.3) is 0 Å². The quantitative estimate of drug-likeness (QED) is 0.619. The zero-order chi connectivity index (χ0) is 24.2. The van der Waals surface area contributed by atoms with Gasteiger partial charge >= 0.3 is 5.97 Å². The number of carboxylic acids is 1. The highest BCUT2D eigenvalue weighted by atomic mass is 19.1. The molecule has 0 radical (unpaired) electrons. The van der Waals surface area contributed by atoms with Gasteiger partial charge in [-0.25, -0.2) is 18.0 Å². The average Bonchev–Trinajstić information content (AvgIpc) is 2.71. The average molecular weight is 459 g/mol. The summed E-state index contributed by atoms with van der Waals surface area (Å²) in [6.45, 7) is 6.51. The maximum atomic E-state index is 15.4. The lowest BCUT2D eigenvalue weighted by atomic mass is 9.79. The number of aryl methyl sites for hydroxylation is 1. The minimum atomic E-state index is -1.54. The fourth-order valence-electron chi connectivity index (χ4n) is 4.61.